The van der Waals surface area contributed by atoms with Gasteiger partial charge in [-0.05, 0) is 12.8 Å². The molecule has 0 aromatic carbocycles. The molecule has 10 nitrogen and oxygen atoms in total. The van der Waals surface area contributed by atoms with E-state index in [-0.39, 0.29) is 122 Å². The maximum atomic E-state index is 11.2. The molecule has 0 aromatic rings. The van der Waals surface area contributed by atoms with Crippen LogP contribution in [0.15, 0.2) is 4.40 Å². The van der Waals surface area contributed by atoms with Gasteiger partial charge in [0, 0.05) is 55.3 Å². The van der Waals surface area contributed by atoms with Crippen molar-refractivity contribution in [3.8, 4) is 6.19 Å². The molecule has 268 valence electrons. The van der Waals surface area contributed by atoms with Gasteiger partial charge in [-0.2, -0.15) is 40.0 Å². The van der Waals surface area contributed by atoms with Gasteiger partial charge >= 0.3 is 80.2 Å². The molecule has 0 aliphatic carbocycles. The molecule has 0 unspecified atom stereocenters. The number of likely N-dealkylation sites (tertiary alicyclic amines) is 2. The Labute approximate surface area is 368 Å². The van der Waals surface area contributed by atoms with Gasteiger partial charge in [-0.15, -0.1) is 6.01 Å². The molecule has 0 aromatic heterocycles. The number of halogens is 8. The van der Waals surface area contributed by atoms with Crippen LogP contribution in [-0.2, 0) is 20.0 Å². The zero-order chi connectivity index (χ0) is 33.9. The van der Waals surface area contributed by atoms with Crippen LogP contribution < -0.4 is 112 Å². The molecular weight excluding hydrogens is 933 g/mol. The Morgan fingerprint density at radius 2 is 1.06 bits per heavy atom. The van der Waals surface area contributed by atoms with Gasteiger partial charge < -0.3 is 66.7 Å². The molecule has 2 aliphatic rings. The summed E-state index contributed by atoms with van der Waals surface area (Å²) in [6.07, 6.45) is 8.50. The Morgan fingerprint density at radius 3 is 1.19 bits per heavy atom. The van der Waals surface area contributed by atoms with E-state index >= 15 is 0 Å². The molecule has 0 atom stereocenters. The smallest absolute Gasteiger partial charge is 1.00 e. The Kier molecular flexibility index (Phi) is 51.3. The standard InChI is InChI=1S/2C8H18N.C2HF3N2O2S.C2F3N2O2S.2CH4.B4.2HI.2Na/c2*1-3-6-9(2)7-4-5-8-9;2*3-2(4,5)10(8,9)7-1-6;;;1-4(2)3;;;;/h2*3-8H2,1-2H3;7H;;2*1H4;;2*1H;;/q2*+1;;-1;;;;;;2*+1/p-2. The van der Waals surface area contributed by atoms with Crippen molar-refractivity contribution in [3.63, 3.8) is 0 Å². The van der Waals surface area contributed by atoms with Crippen molar-refractivity contribution in [3.05, 3.63) is 5.41 Å². The molecule has 2 heterocycles. The molecule has 0 amide bonds. The van der Waals surface area contributed by atoms with E-state index in [9.17, 15) is 43.2 Å². The van der Waals surface area contributed by atoms with Gasteiger partial charge in [-0.25, -0.2) is 13.1 Å². The quantitative estimate of drug-likeness (QED) is 0.0537. The number of rotatable bonds is 6. The average molecular weight is 979 g/mol. The van der Waals surface area contributed by atoms with E-state index in [0.717, 1.165) is 0 Å². The number of hydrogen-bond acceptors (Lipinski definition) is 5. The van der Waals surface area contributed by atoms with Gasteiger partial charge in [0.1, 0.15) is 0 Å². The minimum atomic E-state index is -5.58. The fourth-order valence-electron chi connectivity index (χ4n) is 3.95. The molecule has 2 aliphatic heterocycles. The summed E-state index contributed by atoms with van der Waals surface area (Å²) in [5.74, 6) is 0. The van der Waals surface area contributed by atoms with Crippen LogP contribution in [-0.4, -0.2) is 126 Å². The van der Waals surface area contributed by atoms with E-state index < -0.39 is 37.4 Å². The van der Waals surface area contributed by atoms with Crippen LogP contribution in [0.3, 0.4) is 0 Å². The number of alkyl halides is 6. The molecule has 2 rings (SSSR count). The third-order valence-electron chi connectivity index (χ3n) is 5.76. The van der Waals surface area contributed by atoms with Gasteiger partial charge in [-0.3, -0.25) is 0 Å². The van der Waals surface area contributed by atoms with E-state index in [1.807, 2.05) is 0 Å². The maximum Gasteiger partial charge on any atom is 1.00 e. The molecule has 26 heteroatoms. The molecule has 2 saturated heterocycles. The Hall–Kier alpha value is 1.79. The van der Waals surface area contributed by atoms with Gasteiger partial charge in [-0.1, -0.05) is 28.7 Å². The fourth-order valence-corrected chi connectivity index (χ4v) is 4.39. The monoisotopic (exact) mass is 979 g/mol. The van der Waals surface area contributed by atoms with Crippen LogP contribution in [0.5, 0.6) is 0 Å². The number of quaternary nitrogens is 2. The summed E-state index contributed by atoms with van der Waals surface area (Å²) in [5, 5.41) is 15.0. The second kappa shape index (κ2) is 34.6. The number of nitrogens with zero attached hydrogens (tertiary/aromatic N) is 5. The second-order valence-corrected chi connectivity index (χ2v) is 13.1. The summed E-state index contributed by atoms with van der Waals surface area (Å²) in [4.78, 5) is 0. The molecule has 2 fully saturated rings. The number of hydrogen-bond donors (Lipinski definition) is 1. The van der Waals surface area contributed by atoms with Crippen LogP contribution in [0.2, 0.25) is 0 Å². The van der Waals surface area contributed by atoms with Gasteiger partial charge in [0.25, 0.3) is 10.0 Å². The van der Waals surface area contributed by atoms with Crippen LogP contribution >= 0.6 is 0 Å². The van der Waals surface area contributed by atoms with Gasteiger partial charge in [0.2, 0.25) is 0 Å². The molecular formula is C22H45B4F6I2N6Na2O4S2+. The van der Waals surface area contributed by atoms with Crippen LogP contribution in [0.4, 0.5) is 26.3 Å². The van der Waals surface area contributed by atoms with Crippen LogP contribution in [0.1, 0.15) is 67.2 Å². The van der Waals surface area contributed by atoms with Crippen LogP contribution in [0.25, 0.3) is 5.41 Å². The van der Waals surface area contributed by atoms with Crippen molar-refractivity contribution in [2.45, 2.75) is 78.2 Å². The Bertz CT molecular complexity index is 1060. The number of sulfonamides is 2. The summed E-state index contributed by atoms with van der Waals surface area (Å²) in [6, 6.07) is 0.532. The first-order chi connectivity index (χ1) is 18.9. The first kappa shape index (κ1) is 71.2. The molecule has 48 heavy (non-hydrogen) atoms. The predicted molar refractivity (Wildman–Crippen MR) is 167 cm³/mol. The van der Waals surface area contributed by atoms with Crippen molar-refractivity contribution in [2.24, 2.45) is 4.40 Å². The second-order valence-electron chi connectivity index (χ2n) is 9.85. The summed E-state index contributed by atoms with van der Waals surface area (Å²) < 4.78 is 111. The molecule has 0 saturated carbocycles. The summed E-state index contributed by atoms with van der Waals surface area (Å²) in [6.45, 7) is 13.0. The molecule has 1 N–H and O–H groups in total. The SMILES string of the molecule is C.C.CCC[N+]1(C)CCCC1.CCC[N+]1(C)CCCC1.N#CNS(=O)(=O)C(F)(F)F.[B]B([B])[B].[I-].[I-].[N-]=C=NS(=O)(=O)C(F)(F)F.[Na+].[Na+]. The van der Waals surface area contributed by atoms with E-state index in [0.29, 0.717) is 16.9 Å². The molecule has 0 bridgehead atoms. The zero-order valence-electron chi connectivity index (χ0n) is 27.0. The summed E-state index contributed by atoms with van der Waals surface area (Å²) in [5.41, 5.74) is -10.9. The number of nitrogens with one attached hydrogen (secondary N) is 1. The molecule has 6 radical (unpaired) electrons. The summed E-state index contributed by atoms with van der Waals surface area (Å²) in [7, 11) is 7.73. The number of nitriles is 1. The topological polar surface area (TPSA) is 139 Å². The van der Waals surface area contributed by atoms with Crippen molar-refractivity contribution >= 4 is 55.7 Å². The first-order valence-electron chi connectivity index (χ1n) is 12.7. The predicted octanol–water partition coefficient (Wildman–Crippen LogP) is -8.48. The fraction of sp³-hybridized carbons (Fsp3) is 0.909. The minimum Gasteiger partial charge on any atom is -1.00 e. The Balaban J connectivity index is -0.0000000559. The Morgan fingerprint density at radius 1 is 0.792 bits per heavy atom. The summed E-state index contributed by atoms with van der Waals surface area (Å²) >= 11 is 0. The maximum absolute atomic E-state index is 11.2. The van der Waals surface area contributed by atoms with Crippen molar-refractivity contribution < 1.29 is 159 Å². The first-order valence-corrected chi connectivity index (χ1v) is 15.6. The van der Waals surface area contributed by atoms with Crippen molar-refractivity contribution in [1.29, 1.82) is 5.26 Å². The van der Waals surface area contributed by atoms with Gasteiger partial charge in [0.15, 0.2) is 6.19 Å². The van der Waals surface area contributed by atoms with Crippen molar-refractivity contribution in [2.75, 3.05) is 53.4 Å². The molecule has 0 spiro atoms. The van der Waals surface area contributed by atoms with Gasteiger partial charge in [0.05, 0.1) is 53.4 Å². The van der Waals surface area contributed by atoms with Crippen LogP contribution in [0, 0.1) is 11.5 Å². The average Bonchev–Trinajstić information content (AvgIpc) is 3.42. The minimum absolute atomic E-state index is 0. The third kappa shape index (κ3) is 36.2. The zero-order valence-corrected chi connectivity index (χ0v) is 37.0. The third-order valence-corrected chi connectivity index (χ3v) is 7.63. The van der Waals surface area contributed by atoms with Crippen molar-refractivity contribution in [1.82, 2.24) is 4.72 Å². The van der Waals surface area contributed by atoms with E-state index in [4.69, 9.17) is 10.7 Å². The largest absolute Gasteiger partial charge is 1.00 e. The van der Waals surface area contributed by atoms with E-state index in [1.54, 1.807) is 4.40 Å². The van der Waals surface area contributed by atoms with E-state index in [2.05, 4.69) is 51.2 Å². The van der Waals surface area contributed by atoms with E-state index in [1.165, 1.54) is 86.8 Å². The normalized spacial score (nSPS) is 14.9.